The summed E-state index contributed by atoms with van der Waals surface area (Å²) in [5.74, 6) is -1.87. The summed E-state index contributed by atoms with van der Waals surface area (Å²) in [6, 6.07) is 1.91. The van der Waals surface area contributed by atoms with Crippen LogP contribution in [0.4, 0.5) is 25.0 Å². The van der Waals surface area contributed by atoms with Gasteiger partial charge in [-0.2, -0.15) is 0 Å². The lowest BCUT2D eigenvalue weighted by atomic mass is 10.1. The Morgan fingerprint density at radius 2 is 1.96 bits per heavy atom. The number of rotatable bonds is 4. The van der Waals surface area contributed by atoms with Crippen molar-refractivity contribution >= 4 is 29.2 Å². The molecule has 3 rings (SSSR count). The Morgan fingerprint density at radius 3 is 2.62 bits per heavy atom. The molecule has 2 amide bonds. The van der Waals surface area contributed by atoms with Gasteiger partial charge in [-0.05, 0) is 6.08 Å². The molecule has 1 saturated heterocycles. The smallest absolute Gasteiger partial charge is 0.414 e. The van der Waals surface area contributed by atoms with Gasteiger partial charge in [0.1, 0.15) is 17.7 Å². The molecule has 0 radical (unpaired) electrons. The van der Waals surface area contributed by atoms with Gasteiger partial charge in [0.25, 0.3) is 0 Å². The van der Waals surface area contributed by atoms with Gasteiger partial charge in [-0.1, -0.05) is 0 Å². The predicted molar refractivity (Wildman–Crippen MR) is 88.8 cm³/mol. The second-order valence-corrected chi connectivity index (χ2v) is 6.03. The molecule has 9 heteroatoms. The van der Waals surface area contributed by atoms with E-state index < -0.39 is 23.8 Å². The third-order valence-electron chi connectivity index (χ3n) is 4.11. The molecule has 1 aromatic rings. The number of halogens is 2. The summed E-state index contributed by atoms with van der Waals surface area (Å²) in [7, 11) is 0. The molecule has 0 aliphatic carbocycles. The van der Waals surface area contributed by atoms with E-state index in [2.05, 4.69) is 5.32 Å². The third-order valence-corrected chi connectivity index (χ3v) is 4.11. The molecule has 1 fully saturated rings. The Labute approximate surface area is 148 Å². The van der Waals surface area contributed by atoms with E-state index in [1.54, 1.807) is 0 Å². The van der Waals surface area contributed by atoms with E-state index in [-0.39, 0.29) is 49.1 Å². The maximum absolute atomic E-state index is 14.5. The Morgan fingerprint density at radius 1 is 1.27 bits per heavy atom. The highest BCUT2D eigenvalue weighted by Crippen LogP contribution is 2.31. The van der Waals surface area contributed by atoms with Crippen molar-refractivity contribution in [2.45, 2.75) is 19.4 Å². The molecule has 0 aromatic heterocycles. The van der Waals surface area contributed by atoms with Crippen LogP contribution in [0, 0.1) is 11.6 Å². The van der Waals surface area contributed by atoms with E-state index in [0.717, 1.165) is 17.0 Å². The Bertz CT molecular complexity index is 796. The van der Waals surface area contributed by atoms with Crippen molar-refractivity contribution in [3.63, 3.8) is 0 Å². The molecule has 1 atom stereocenters. The number of nitrogens with zero attached hydrogens (tertiary/aromatic N) is 2. The summed E-state index contributed by atoms with van der Waals surface area (Å²) >= 11 is 0. The van der Waals surface area contributed by atoms with E-state index in [0.29, 0.717) is 0 Å². The van der Waals surface area contributed by atoms with Crippen LogP contribution in [0.25, 0.3) is 0 Å². The maximum atomic E-state index is 14.5. The van der Waals surface area contributed by atoms with Crippen LogP contribution in [-0.4, -0.2) is 43.5 Å². The molecule has 2 aliphatic heterocycles. The van der Waals surface area contributed by atoms with Crippen LogP contribution in [-0.2, 0) is 14.3 Å². The highest BCUT2D eigenvalue weighted by Gasteiger charge is 2.34. The van der Waals surface area contributed by atoms with Gasteiger partial charge in [-0.25, -0.2) is 13.6 Å². The molecule has 0 saturated carbocycles. The normalized spacial score (nSPS) is 19.7. The van der Waals surface area contributed by atoms with E-state index in [1.807, 2.05) is 0 Å². The monoisotopic (exact) mass is 365 g/mol. The quantitative estimate of drug-likeness (QED) is 0.879. The van der Waals surface area contributed by atoms with Gasteiger partial charge in [-0.15, -0.1) is 0 Å². The van der Waals surface area contributed by atoms with E-state index in [4.69, 9.17) is 4.74 Å². The second kappa shape index (κ2) is 7.11. The molecule has 0 spiro atoms. The lowest BCUT2D eigenvalue weighted by Crippen LogP contribution is -2.33. The molecule has 2 aliphatic rings. The summed E-state index contributed by atoms with van der Waals surface area (Å²) in [5, 5.41) is 2.51. The topological polar surface area (TPSA) is 79.0 Å². The van der Waals surface area contributed by atoms with Crippen molar-refractivity contribution in [2.75, 3.05) is 29.4 Å². The fourth-order valence-corrected chi connectivity index (χ4v) is 2.80. The maximum Gasteiger partial charge on any atom is 0.414 e. The zero-order valence-corrected chi connectivity index (χ0v) is 14.0. The van der Waals surface area contributed by atoms with Crippen molar-refractivity contribution in [2.24, 2.45) is 0 Å². The van der Waals surface area contributed by atoms with Crippen molar-refractivity contribution in [1.29, 1.82) is 0 Å². The number of allylic oxidation sites excluding steroid dienone is 1. The average molecular weight is 365 g/mol. The predicted octanol–water partition coefficient (Wildman–Crippen LogP) is 1.72. The van der Waals surface area contributed by atoms with Gasteiger partial charge in [0.15, 0.2) is 5.78 Å². The highest BCUT2D eigenvalue weighted by atomic mass is 19.1. The minimum atomic E-state index is -0.810. The minimum Gasteiger partial charge on any atom is -0.442 e. The van der Waals surface area contributed by atoms with Crippen molar-refractivity contribution in [1.82, 2.24) is 5.32 Å². The van der Waals surface area contributed by atoms with Gasteiger partial charge < -0.3 is 15.0 Å². The number of carbonyl (C=O) groups excluding carboxylic acids is 3. The first-order valence-corrected chi connectivity index (χ1v) is 8.04. The van der Waals surface area contributed by atoms with Crippen LogP contribution >= 0.6 is 0 Å². The second-order valence-electron chi connectivity index (χ2n) is 6.03. The van der Waals surface area contributed by atoms with Crippen LogP contribution in [0.15, 0.2) is 24.4 Å². The highest BCUT2D eigenvalue weighted by molar-refractivity contribution is 5.92. The van der Waals surface area contributed by atoms with Gasteiger partial charge in [0, 0.05) is 38.2 Å². The number of hydrogen-bond acceptors (Lipinski definition) is 5. The standard InChI is InChI=1S/C17H17F2N3O4/c1-10(23)20-8-12-9-22(17(25)26-12)16-7-13(18)15(6-14(16)19)21-4-2-11(24)3-5-21/h2,4,6-7,12H,3,5,8-9H2,1H3,(H,20,23). The Hall–Kier alpha value is -2.97. The van der Waals surface area contributed by atoms with Crippen molar-refractivity contribution in [3.05, 3.63) is 36.0 Å². The molecule has 0 bridgehead atoms. The van der Waals surface area contributed by atoms with E-state index >= 15 is 0 Å². The lowest BCUT2D eigenvalue weighted by molar-refractivity contribution is -0.119. The van der Waals surface area contributed by atoms with Crippen LogP contribution < -0.4 is 15.1 Å². The first kappa shape index (κ1) is 17.8. The number of amides is 2. The summed E-state index contributed by atoms with van der Waals surface area (Å²) < 4.78 is 34.1. The first-order chi connectivity index (χ1) is 12.3. The first-order valence-electron chi connectivity index (χ1n) is 8.04. The van der Waals surface area contributed by atoms with Crippen LogP contribution in [0.1, 0.15) is 13.3 Å². The zero-order valence-electron chi connectivity index (χ0n) is 14.0. The largest absolute Gasteiger partial charge is 0.442 e. The van der Waals surface area contributed by atoms with Gasteiger partial charge >= 0.3 is 6.09 Å². The molecule has 2 heterocycles. The average Bonchev–Trinajstić information content (AvgIpc) is 2.96. The lowest BCUT2D eigenvalue weighted by Gasteiger charge is -2.24. The van der Waals surface area contributed by atoms with Crippen molar-refractivity contribution in [3.8, 4) is 0 Å². The number of carbonyl (C=O) groups is 3. The number of cyclic esters (lactones) is 1. The molecular formula is C17H17F2N3O4. The summed E-state index contributed by atoms with van der Waals surface area (Å²) in [5.41, 5.74) is -0.254. The Balaban J connectivity index is 1.80. The molecule has 1 aromatic carbocycles. The molecule has 26 heavy (non-hydrogen) atoms. The van der Waals surface area contributed by atoms with Gasteiger partial charge in [0.05, 0.1) is 24.5 Å². The fourth-order valence-electron chi connectivity index (χ4n) is 2.80. The SMILES string of the molecule is CC(=O)NCC1CN(c2cc(F)c(N3C=CC(=O)CC3)cc2F)C(=O)O1. The van der Waals surface area contributed by atoms with E-state index in [1.165, 1.54) is 24.1 Å². The minimum absolute atomic E-state index is 0.00701. The van der Waals surface area contributed by atoms with Crippen LogP contribution in [0.3, 0.4) is 0 Å². The van der Waals surface area contributed by atoms with Gasteiger partial charge in [0.2, 0.25) is 5.91 Å². The number of ketones is 1. The number of benzene rings is 1. The molecule has 1 N–H and O–H groups in total. The molecule has 7 nitrogen and oxygen atoms in total. The van der Waals surface area contributed by atoms with Crippen LogP contribution in [0.2, 0.25) is 0 Å². The molecule has 1 unspecified atom stereocenters. The summed E-state index contributed by atoms with van der Waals surface area (Å²) in [4.78, 5) is 36.5. The number of nitrogens with one attached hydrogen (secondary N) is 1. The summed E-state index contributed by atoms with van der Waals surface area (Å²) in [6.45, 7) is 1.65. The summed E-state index contributed by atoms with van der Waals surface area (Å²) in [6.07, 6.45) is 1.46. The number of ether oxygens (including phenoxy) is 1. The zero-order chi connectivity index (χ0) is 18.8. The third kappa shape index (κ3) is 3.66. The fraction of sp³-hybridized carbons (Fsp3) is 0.353. The van der Waals surface area contributed by atoms with Gasteiger partial charge in [-0.3, -0.25) is 14.5 Å². The molecule has 138 valence electrons. The molecular weight excluding hydrogens is 348 g/mol. The Kier molecular flexibility index (Phi) is 4.88. The number of hydrogen-bond donors (Lipinski definition) is 1. The van der Waals surface area contributed by atoms with E-state index in [9.17, 15) is 23.2 Å². The van der Waals surface area contributed by atoms with Crippen LogP contribution in [0.5, 0.6) is 0 Å². The van der Waals surface area contributed by atoms with Crippen molar-refractivity contribution < 1.29 is 27.9 Å². The number of anilines is 2.